The summed E-state index contributed by atoms with van der Waals surface area (Å²) in [7, 11) is 1.64. The first-order chi connectivity index (χ1) is 17.5. The third kappa shape index (κ3) is 5.09. The van der Waals surface area contributed by atoms with Crippen LogP contribution in [0.1, 0.15) is 29.7 Å². The van der Waals surface area contributed by atoms with Gasteiger partial charge in [-0.1, -0.05) is 71.9 Å². The molecule has 7 nitrogen and oxygen atoms in total. The number of rotatable bonds is 7. The minimum atomic E-state index is -0.414. The molecule has 2 heterocycles. The van der Waals surface area contributed by atoms with Crippen LogP contribution in [0.5, 0.6) is 5.75 Å². The highest BCUT2D eigenvalue weighted by Gasteiger charge is 2.42. The number of hydrogen-bond donors (Lipinski definition) is 2. The predicted octanol–water partition coefficient (Wildman–Crippen LogP) is 5.55. The molecule has 3 atom stereocenters. The molecule has 1 aliphatic heterocycles. The maximum Gasteiger partial charge on any atom is 0.232 e. The van der Waals surface area contributed by atoms with Crippen LogP contribution >= 0.6 is 11.8 Å². The molecule has 184 valence electrons. The lowest BCUT2D eigenvalue weighted by Crippen LogP contribution is -2.46. The Bertz CT molecular complexity index is 1340. The zero-order chi connectivity index (χ0) is 25.1. The predicted molar refractivity (Wildman–Crippen MR) is 144 cm³/mol. The molecule has 0 spiro atoms. The number of anilines is 2. The van der Waals surface area contributed by atoms with Crippen LogP contribution in [0, 0.1) is 12.8 Å². The zero-order valence-corrected chi connectivity index (χ0v) is 21.3. The van der Waals surface area contributed by atoms with Gasteiger partial charge in [-0.3, -0.25) is 4.79 Å². The SMILES string of the molecule is COc1ccc([C@@H]2[C@@H](C(=O)Nc3ccccc3)[C@H](C)Nc3nc(SCc4cccc(C)c4)nn32)cc1. The Morgan fingerprint density at radius 3 is 2.58 bits per heavy atom. The molecule has 36 heavy (non-hydrogen) atoms. The van der Waals surface area contributed by atoms with E-state index in [-0.39, 0.29) is 18.0 Å². The summed E-state index contributed by atoms with van der Waals surface area (Å²) in [6.07, 6.45) is 0. The fourth-order valence-corrected chi connectivity index (χ4v) is 5.37. The summed E-state index contributed by atoms with van der Waals surface area (Å²) in [6, 6.07) is 25.3. The van der Waals surface area contributed by atoms with E-state index in [0.717, 1.165) is 22.8 Å². The van der Waals surface area contributed by atoms with Crippen LogP contribution in [0.3, 0.4) is 0 Å². The number of fused-ring (bicyclic) bond motifs is 1. The lowest BCUT2D eigenvalue weighted by Gasteiger charge is -2.36. The summed E-state index contributed by atoms with van der Waals surface area (Å²) in [5, 5.41) is 12.0. The zero-order valence-electron chi connectivity index (χ0n) is 20.5. The highest BCUT2D eigenvalue weighted by atomic mass is 32.2. The average molecular weight is 500 g/mol. The van der Waals surface area contributed by atoms with Gasteiger partial charge in [0.15, 0.2) is 0 Å². The Kier molecular flexibility index (Phi) is 6.95. The first kappa shape index (κ1) is 23.9. The quantitative estimate of drug-likeness (QED) is 0.325. The third-order valence-corrected chi connectivity index (χ3v) is 7.27. The van der Waals surface area contributed by atoms with Gasteiger partial charge in [0.1, 0.15) is 5.75 Å². The molecule has 1 aliphatic rings. The number of amides is 1. The third-order valence-electron chi connectivity index (χ3n) is 6.36. The molecular formula is C28H29N5O2S. The van der Waals surface area contributed by atoms with Gasteiger partial charge in [-0.25, -0.2) is 4.68 Å². The van der Waals surface area contributed by atoms with Gasteiger partial charge in [0.05, 0.1) is 19.1 Å². The number of methoxy groups -OCH3 is 1. The van der Waals surface area contributed by atoms with Crippen LogP contribution in [0.4, 0.5) is 11.6 Å². The van der Waals surface area contributed by atoms with E-state index in [9.17, 15) is 4.79 Å². The van der Waals surface area contributed by atoms with E-state index in [1.54, 1.807) is 18.9 Å². The van der Waals surface area contributed by atoms with Gasteiger partial charge in [-0.2, -0.15) is 4.98 Å². The molecule has 1 aromatic heterocycles. The Balaban J connectivity index is 1.47. The molecule has 0 saturated heterocycles. The summed E-state index contributed by atoms with van der Waals surface area (Å²) in [4.78, 5) is 18.4. The second-order valence-electron chi connectivity index (χ2n) is 8.97. The second-order valence-corrected chi connectivity index (χ2v) is 9.91. The number of nitrogens with one attached hydrogen (secondary N) is 2. The highest BCUT2D eigenvalue weighted by molar-refractivity contribution is 7.98. The van der Waals surface area contributed by atoms with E-state index >= 15 is 0 Å². The number of carbonyl (C=O) groups excluding carboxylic acids is 1. The van der Waals surface area contributed by atoms with Crippen molar-refractivity contribution in [1.82, 2.24) is 14.8 Å². The smallest absolute Gasteiger partial charge is 0.232 e. The molecule has 0 aliphatic carbocycles. The number of thioether (sulfide) groups is 1. The molecule has 0 fully saturated rings. The summed E-state index contributed by atoms with van der Waals surface area (Å²) < 4.78 is 7.21. The molecule has 2 N–H and O–H groups in total. The Hall–Kier alpha value is -3.78. The van der Waals surface area contributed by atoms with Crippen molar-refractivity contribution in [2.75, 3.05) is 17.7 Å². The maximum absolute atomic E-state index is 13.6. The van der Waals surface area contributed by atoms with E-state index < -0.39 is 5.92 Å². The van der Waals surface area contributed by atoms with E-state index in [4.69, 9.17) is 14.8 Å². The first-order valence-electron chi connectivity index (χ1n) is 11.9. The number of nitrogens with zero attached hydrogens (tertiary/aromatic N) is 3. The van der Waals surface area contributed by atoms with E-state index in [0.29, 0.717) is 11.1 Å². The molecule has 5 rings (SSSR count). The number of benzene rings is 3. The Morgan fingerprint density at radius 1 is 1.08 bits per heavy atom. The van der Waals surface area contributed by atoms with Crippen molar-refractivity contribution in [1.29, 1.82) is 0 Å². The van der Waals surface area contributed by atoms with E-state index in [1.165, 1.54) is 11.1 Å². The maximum atomic E-state index is 13.6. The number of carbonyl (C=O) groups is 1. The minimum Gasteiger partial charge on any atom is -0.497 e. The van der Waals surface area contributed by atoms with Gasteiger partial charge < -0.3 is 15.4 Å². The van der Waals surface area contributed by atoms with Crippen molar-refractivity contribution in [3.63, 3.8) is 0 Å². The van der Waals surface area contributed by atoms with Crippen LogP contribution in [0.25, 0.3) is 0 Å². The Labute approximate surface area is 215 Å². The van der Waals surface area contributed by atoms with Crippen molar-refractivity contribution in [3.05, 3.63) is 95.6 Å². The molecule has 4 aromatic rings. The van der Waals surface area contributed by atoms with E-state index in [2.05, 4.69) is 41.8 Å². The van der Waals surface area contributed by atoms with Crippen molar-refractivity contribution >= 4 is 29.3 Å². The summed E-state index contributed by atoms with van der Waals surface area (Å²) >= 11 is 1.59. The van der Waals surface area contributed by atoms with E-state index in [1.807, 2.05) is 66.2 Å². The normalized spacial score (nSPS) is 18.7. The number of para-hydroxylation sites is 1. The minimum absolute atomic E-state index is 0.0721. The Morgan fingerprint density at radius 2 is 1.86 bits per heavy atom. The number of ether oxygens (including phenoxy) is 1. The number of aryl methyl sites for hydroxylation is 1. The molecular weight excluding hydrogens is 470 g/mol. The summed E-state index contributed by atoms with van der Waals surface area (Å²) in [5.41, 5.74) is 4.19. The standard InChI is InChI=1S/C28H29N5O2S/c1-18-8-7-9-20(16-18)17-36-28-31-27-29-19(2)24(26(34)30-22-10-5-4-6-11-22)25(33(27)32-28)21-12-14-23(35-3)15-13-21/h4-16,19,24-25H,17H2,1-3H3,(H,30,34)(H,29,31,32)/t19-,24-,25+/m0/s1. The molecule has 1 amide bonds. The highest BCUT2D eigenvalue weighted by Crippen LogP contribution is 2.38. The lowest BCUT2D eigenvalue weighted by molar-refractivity contribution is -0.121. The van der Waals surface area contributed by atoms with Crippen molar-refractivity contribution < 1.29 is 9.53 Å². The van der Waals surface area contributed by atoms with Crippen molar-refractivity contribution in [3.8, 4) is 5.75 Å². The molecule has 0 saturated carbocycles. The topological polar surface area (TPSA) is 81.1 Å². The monoisotopic (exact) mass is 499 g/mol. The van der Waals surface area contributed by atoms with Gasteiger partial charge >= 0.3 is 0 Å². The van der Waals surface area contributed by atoms with Gasteiger partial charge in [-0.15, -0.1) is 5.10 Å². The lowest BCUT2D eigenvalue weighted by atomic mass is 9.85. The molecule has 0 radical (unpaired) electrons. The fourth-order valence-electron chi connectivity index (χ4n) is 4.59. The molecule has 8 heteroatoms. The number of aromatic nitrogens is 3. The van der Waals surface area contributed by atoms with Crippen LogP contribution in [-0.2, 0) is 10.5 Å². The molecule has 0 bridgehead atoms. The largest absolute Gasteiger partial charge is 0.497 e. The van der Waals surface area contributed by atoms with Crippen LogP contribution < -0.4 is 15.4 Å². The fraction of sp³-hybridized carbons (Fsp3) is 0.250. The number of hydrogen-bond acceptors (Lipinski definition) is 6. The summed E-state index contributed by atoms with van der Waals surface area (Å²) in [6.45, 7) is 4.11. The first-order valence-corrected chi connectivity index (χ1v) is 12.9. The van der Waals surface area contributed by atoms with Gasteiger partial charge in [0.25, 0.3) is 0 Å². The van der Waals surface area contributed by atoms with Crippen LogP contribution in [0.2, 0.25) is 0 Å². The molecule has 3 aromatic carbocycles. The van der Waals surface area contributed by atoms with Crippen molar-refractivity contribution in [2.24, 2.45) is 5.92 Å². The summed E-state index contributed by atoms with van der Waals surface area (Å²) in [5.74, 6) is 1.71. The van der Waals surface area contributed by atoms with Crippen LogP contribution in [-0.4, -0.2) is 33.8 Å². The van der Waals surface area contributed by atoms with Gasteiger partial charge in [-0.05, 0) is 49.2 Å². The van der Waals surface area contributed by atoms with Gasteiger partial charge in [0.2, 0.25) is 17.0 Å². The molecule has 0 unspecified atom stereocenters. The second kappa shape index (κ2) is 10.5. The van der Waals surface area contributed by atoms with Crippen LogP contribution in [0.15, 0.2) is 84.0 Å². The van der Waals surface area contributed by atoms with Crippen molar-refractivity contribution in [2.45, 2.75) is 36.8 Å². The average Bonchev–Trinajstić information content (AvgIpc) is 3.29. The van der Waals surface area contributed by atoms with Gasteiger partial charge in [0, 0.05) is 17.5 Å².